The molecule has 0 saturated carbocycles. The summed E-state index contributed by atoms with van der Waals surface area (Å²) in [5.41, 5.74) is 1.80. The SMILES string of the molecule is Fc1ccccc1N1CCN(C(=S)NCc2ccc(Cl)cc2)CC1. The summed E-state index contributed by atoms with van der Waals surface area (Å²) in [6.45, 7) is 3.73. The van der Waals surface area contributed by atoms with E-state index in [9.17, 15) is 4.39 Å². The van der Waals surface area contributed by atoms with Crippen molar-refractivity contribution in [3.8, 4) is 0 Å². The number of benzene rings is 2. The van der Waals surface area contributed by atoms with E-state index in [4.69, 9.17) is 23.8 Å². The molecule has 1 aliphatic heterocycles. The van der Waals surface area contributed by atoms with Gasteiger partial charge >= 0.3 is 0 Å². The zero-order valence-corrected chi connectivity index (χ0v) is 14.8. The molecule has 1 saturated heterocycles. The van der Waals surface area contributed by atoms with E-state index < -0.39 is 0 Å². The van der Waals surface area contributed by atoms with Gasteiger partial charge < -0.3 is 15.1 Å². The Morgan fingerprint density at radius 1 is 1.04 bits per heavy atom. The number of nitrogens with one attached hydrogen (secondary N) is 1. The second kappa shape index (κ2) is 7.81. The Hall–Kier alpha value is -1.85. The fraction of sp³-hybridized carbons (Fsp3) is 0.278. The van der Waals surface area contributed by atoms with Crippen molar-refractivity contribution < 1.29 is 4.39 Å². The maximum atomic E-state index is 13.9. The van der Waals surface area contributed by atoms with E-state index >= 15 is 0 Å². The largest absolute Gasteiger partial charge is 0.366 e. The highest BCUT2D eigenvalue weighted by Gasteiger charge is 2.20. The van der Waals surface area contributed by atoms with Crippen molar-refractivity contribution in [2.24, 2.45) is 0 Å². The fourth-order valence-electron chi connectivity index (χ4n) is 2.75. The second-order valence-electron chi connectivity index (χ2n) is 5.71. The lowest BCUT2D eigenvalue weighted by molar-refractivity contribution is 0.378. The third-order valence-corrected chi connectivity index (χ3v) is 4.77. The van der Waals surface area contributed by atoms with Crippen molar-refractivity contribution in [1.29, 1.82) is 0 Å². The molecule has 0 atom stereocenters. The van der Waals surface area contributed by atoms with Crippen LogP contribution in [0.25, 0.3) is 0 Å². The van der Waals surface area contributed by atoms with Gasteiger partial charge in [0.25, 0.3) is 0 Å². The first-order chi connectivity index (χ1) is 11.6. The number of para-hydroxylation sites is 1. The van der Waals surface area contributed by atoms with Crippen LogP contribution in [0.5, 0.6) is 0 Å². The Balaban J connectivity index is 1.50. The molecule has 0 amide bonds. The highest BCUT2D eigenvalue weighted by Crippen LogP contribution is 2.20. The monoisotopic (exact) mass is 363 g/mol. The summed E-state index contributed by atoms with van der Waals surface area (Å²) in [4.78, 5) is 4.19. The van der Waals surface area contributed by atoms with Gasteiger partial charge in [-0.1, -0.05) is 35.9 Å². The fourth-order valence-corrected chi connectivity index (χ4v) is 3.13. The zero-order valence-electron chi connectivity index (χ0n) is 13.2. The molecule has 3 nitrogen and oxygen atoms in total. The van der Waals surface area contributed by atoms with Crippen LogP contribution >= 0.6 is 23.8 Å². The molecule has 1 heterocycles. The van der Waals surface area contributed by atoms with E-state index in [1.54, 1.807) is 6.07 Å². The third-order valence-electron chi connectivity index (χ3n) is 4.12. The molecule has 126 valence electrons. The summed E-state index contributed by atoms with van der Waals surface area (Å²) in [6.07, 6.45) is 0. The van der Waals surface area contributed by atoms with Crippen molar-refractivity contribution in [1.82, 2.24) is 10.2 Å². The first-order valence-corrected chi connectivity index (χ1v) is 8.69. The number of hydrogen-bond donors (Lipinski definition) is 1. The summed E-state index contributed by atoms with van der Waals surface area (Å²) < 4.78 is 13.9. The van der Waals surface area contributed by atoms with E-state index in [1.165, 1.54) is 6.07 Å². The van der Waals surface area contributed by atoms with Gasteiger partial charge in [-0.15, -0.1) is 0 Å². The van der Waals surface area contributed by atoms with E-state index in [2.05, 4.69) is 15.1 Å². The smallest absolute Gasteiger partial charge is 0.169 e. The van der Waals surface area contributed by atoms with Gasteiger partial charge in [0.05, 0.1) is 5.69 Å². The lowest BCUT2D eigenvalue weighted by Crippen LogP contribution is -2.51. The summed E-state index contributed by atoms with van der Waals surface area (Å²) in [6, 6.07) is 14.6. The molecular weight excluding hydrogens is 345 g/mol. The highest BCUT2D eigenvalue weighted by atomic mass is 35.5. The van der Waals surface area contributed by atoms with E-state index in [1.807, 2.05) is 36.4 Å². The van der Waals surface area contributed by atoms with E-state index in [0.29, 0.717) is 12.2 Å². The third kappa shape index (κ3) is 4.16. The molecule has 0 spiro atoms. The van der Waals surface area contributed by atoms with Crippen molar-refractivity contribution in [3.05, 3.63) is 64.9 Å². The Bertz CT molecular complexity index is 700. The van der Waals surface area contributed by atoms with Crippen LogP contribution in [-0.2, 0) is 6.54 Å². The van der Waals surface area contributed by atoms with Crippen LogP contribution in [0.15, 0.2) is 48.5 Å². The first-order valence-electron chi connectivity index (χ1n) is 7.90. The summed E-state index contributed by atoms with van der Waals surface area (Å²) >= 11 is 11.4. The van der Waals surface area contributed by atoms with Crippen molar-refractivity contribution in [2.75, 3.05) is 31.1 Å². The molecular formula is C18H19ClFN3S. The quantitative estimate of drug-likeness (QED) is 0.838. The number of piperazine rings is 1. The number of rotatable bonds is 3. The second-order valence-corrected chi connectivity index (χ2v) is 6.53. The molecule has 2 aromatic rings. The molecule has 2 aromatic carbocycles. The average Bonchev–Trinajstić information content (AvgIpc) is 2.61. The predicted octanol–water partition coefficient (Wildman–Crippen LogP) is 3.68. The lowest BCUT2D eigenvalue weighted by Gasteiger charge is -2.37. The zero-order chi connectivity index (χ0) is 16.9. The van der Waals surface area contributed by atoms with Crippen molar-refractivity contribution >= 4 is 34.6 Å². The Labute approximate surface area is 152 Å². The molecule has 6 heteroatoms. The van der Waals surface area contributed by atoms with Gasteiger partial charge in [0.2, 0.25) is 0 Å². The Kier molecular flexibility index (Phi) is 5.53. The van der Waals surface area contributed by atoms with Gasteiger partial charge in [0.1, 0.15) is 5.82 Å². The van der Waals surface area contributed by atoms with Gasteiger partial charge in [-0.05, 0) is 42.0 Å². The molecule has 24 heavy (non-hydrogen) atoms. The van der Waals surface area contributed by atoms with Gasteiger partial charge in [0, 0.05) is 37.7 Å². The van der Waals surface area contributed by atoms with Gasteiger partial charge in [-0.2, -0.15) is 0 Å². The number of hydrogen-bond acceptors (Lipinski definition) is 2. The molecule has 1 aliphatic rings. The van der Waals surface area contributed by atoms with E-state index in [-0.39, 0.29) is 5.82 Å². The number of halogens is 2. The molecule has 0 unspecified atom stereocenters. The van der Waals surface area contributed by atoms with E-state index in [0.717, 1.165) is 41.9 Å². The minimum atomic E-state index is -0.172. The Morgan fingerprint density at radius 2 is 1.71 bits per heavy atom. The molecule has 3 rings (SSSR count). The topological polar surface area (TPSA) is 18.5 Å². The molecule has 1 fully saturated rings. The highest BCUT2D eigenvalue weighted by molar-refractivity contribution is 7.80. The average molecular weight is 364 g/mol. The van der Waals surface area contributed by atoms with Crippen LogP contribution in [0.1, 0.15) is 5.56 Å². The maximum Gasteiger partial charge on any atom is 0.169 e. The van der Waals surface area contributed by atoms with Crippen LogP contribution in [0.3, 0.4) is 0 Å². The Morgan fingerprint density at radius 3 is 2.38 bits per heavy atom. The van der Waals surface area contributed by atoms with Gasteiger partial charge in [-0.25, -0.2) is 4.39 Å². The maximum absolute atomic E-state index is 13.9. The lowest BCUT2D eigenvalue weighted by atomic mass is 10.2. The molecule has 0 bridgehead atoms. The normalized spacial score (nSPS) is 14.6. The van der Waals surface area contributed by atoms with Crippen molar-refractivity contribution in [3.63, 3.8) is 0 Å². The van der Waals surface area contributed by atoms with Gasteiger partial charge in [-0.3, -0.25) is 0 Å². The minimum absolute atomic E-state index is 0.172. The first kappa shape index (κ1) is 17.0. The predicted molar refractivity (Wildman–Crippen MR) is 101 cm³/mol. The van der Waals surface area contributed by atoms with Gasteiger partial charge in [0.15, 0.2) is 5.11 Å². The van der Waals surface area contributed by atoms with Crippen molar-refractivity contribution in [2.45, 2.75) is 6.54 Å². The number of nitrogens with zero attached hydrogens (tertiary/aromatic N) is 2. The standard InChI is InChI=1S/C18H19ClFN3S/c19-15-7-5-14(6-8-15)13-21-18(24)23-11-9-22(10-12-23)17-4-2-1-3-16(17)20/h1-8H,9-13H2,(H,21,24). The minimum Gasteiger partial charge on any atom is -0.366 e. The number of anilines is 1. The molecule has 0 radical (unpaired) electrons. The van der Waals surface area contributed by atoms with Crippen LogP contribution in [0.4, 0.5) is 10.1 Å². The van der Waals surface area contributed by atoms with Crippen LogP contribution in [0, 0.1) is 5.82 Å². The molecule has 0 aromatic heterocycles. The summed E-state index contributed by atoms with van der Waals surface area (Å²) in [7, 11) is 0. The summed E-state index contributed by atoms with van der Waals surface area (Å²) in [5.74, 6) is -0.172. The van der Waals surface area contributed by atoms with Crippen LogP contribution in [-0.4, -0.2) is 36.2 Å². The molecule has 1 N–H and O–H groups in total. The summed E-state index contributed by atoms with van der Waals surface area (Å²) in [5, 5.41) is 4.74. The molecule has 0 aliphatic carbocycles. The van der Waals surface area contributed by atoms with Crippen LogP contribution < -0.4 is 10.2 Å². The number of thiocarbonyl (C=S) groups is 1. The van der Waals surface area contributed by atoms with Crippen LogP contribution in [0.2, 0.25) is 5.02 Å².